The lowest BCUT2D eigenvalue weighted by Crippen LogP contribution is -2.15. The fraction of sp³-hybridized carbons (Fsp3) is 0.429. The van der Waals surface area contributed by atoms with Gasteiger partial charge in [-0.3, -0.25) is 10.1 Å². The van der Waals surface area contributed by atoms with Gasteiger partial charge in [-0.05, 0) is 18.9 Å². The van der Waals surface area contributed by atoms with Crippen molar-refractivity contribution < 1.29 is 23.9 Å². The highest BCUT2D eigenvalue weighted by atomic mass is 16.6. The number of hydrogen-bond acceptors (Lipinski definition) is 7. The molecule has 1 rings (SSSR count). The van der Waals surface area contributed by atoms with E-state index >= 15 is 0 Å². The third-order valence-corrected chi connectivity index (χ3v) is 2.65. The molecule has 0 aliphatic carbocycles. The number of nitro groups is 1. The maximum atomic E-state index is 11.4. The smallest absolute Gasteiger partial charge is 0.344 e. The second-order valence-corrected chi connectivity index (χ2v) is 4.22. The van der Waals surface area contributed by atoms with Crippen LogP contribution in [-0.2, 0) is 9.53 Å². The number of carbonyl (C=O) groups excluding carboxylic acids is 1. The number of methoxy groups -OCH3 is 1. The van der Waals surface area contributed by atoms with Gasteiger partial charge in [-0.2, -0.15) is 5.26 Å². The zero-order valence-corrected chi connectivity index (χ0v) is 12.1. The molecule has 0 aliphatic heterocycles. The molecule has 1 aromatic carbocycles. The number of nitro benzene ring substituents is 1. The standard InChI is InChI=1S/C14H16N2O6/c1-20-13-9-11(5-6-12(13)16(18)19)22-10-14(17)21-8-4-2-3-7-15/h5-6,9H,2-4,8,10H2,1H3. The summed E-state index contributed by atoms with van der Waals surface area (Å²) in [7, 11) is 1.31. The molecule has 0 fully saturated rings. The number of ether oxygens (including phenoxy) is 3. The van der Waals surface area contributed by atoms with Crippen molar-refractivity contribution in [3.05, 3.63) is 28.3 Å². The quantitative estimate of drug-likeness (QED) is 0.297. The van der Waals surface area contributed by atoms with Crippen LogP contribution in [0, 0.1) is 21.4 Å². The molecule has 0 amide bonds. The molecular weight excluding hydrogens is 292 g/mol. The first-order valence-electron chi connectivity index (χ1n) is 6.56. The van der Waals surface area contributed by atoms with E-state index in [1.165, 1.54) is 25.3 Å². The molecule has 0 saturated carbocycles. The fourth-order valence-electron chi connectivity index (χ4n) is 1.57. The number of nitriles is 1. The average molecular weight is 308 g/mol. The SMILES string of the molecule is COc1cc(OCC(=O)OCCCCC#N)ccc1[N+](=O)[O-]. The summed E-state index contributed by atoms with van der Waals surface area (Å²) in [4.78, 5) is 21.6. The molecular formula is C14H16N2O6. The Kier molecular flexibility index (Phi) is 7.19. The fourth-order valence-corrected chi connectivity index (χ4v) is 1.57. The highest BCUT2D eigenvalue weighted by Crippen LogP contribution is 2.30. The van der Waals surface area contributed by atoms with Crippen molar-refractivity contribution in [3.8, 4) is 17.6 Å². The molecule has 1 aromatic rings. The highest BCUT2D eigenvalue weighted by Gasteiger charge is 2.15. The minimum Gasteiger partial charge on any atom is -0.490 e. The summed E-state index contributed by atoms with van der Waals surface area (Å²) in [6.45, 7) is -0.0767. The van der Waals surface area contributed by atoms with Crippen LogP contribution in [0.4, 0.5) is 5.69 Å². The Morgan fingerprint density at radius 2 is 2.18 bits per heavy atom. The van der Waals surface area contributed by atoms with Crippen LogP contribution in [0.1, 0.15) is 19.3 Å². The molecule has 0 atom stereocenters. The molecule has 8 nitrogen and oxygen atoms in total. The summed E-state index contributed by atoms with van der Waals surface area (Å²) >= 11 is 0. The first kappa shape index (κ1) is 17.2. The maximum absolute atomic E-state index is 11.4. The monoisotopic (exact) mass is 308 g/mol. The molecule has 22 heavy (non-hydrogen) atoms. The van der Waals surface area contributed by atoms with Gasteiger partial charge >= 0.3 is 11.7 Å². The van der Waals surface area contributed by atoms with Crippen LogP contribution in [0.5, 0.6) is 11.5 Å². The number of nitrogens with zero attached hydrogens (tertiary/aromatic N) is 2. The summed E-state index contributed by atoms with van der Waals surface area (Å²) in [6, 6.07) is 5.95. The van der Waals surface area contributed by atoms with E-state index in [1.54, 1.807) is 0 Å². The Labute approximate surface area is 127 Å². The van der Waals surface area contributed by atoms with Gasteiger partial charge in [0.1, 0.15) is 5.75 Å². The van der Waals surface area contributed by atoms with Crippen LogP contribution in [0.25, 0.3) is 0 Å². The highest BCUT2D eigenvalue weighted by molar-refractivity contribution is 5.71. The predicted molar refractivity (Wildman–Crippen MR) is 75.6 cm³/mol. The van der Waals surface area contributed by atoms with E-state index < -0.39 is 10.9 Å². The van der Waals surface area contributed by atoms with Gasteiger partial charge in [0.2, 0.25) is 5.75 Å². The van der Waals surface area contributed by atoms with Crippen LogP contribution < -0.4 is 9.47 Å². The normalized spacial score (nSPS) is 9.64. The minimum atomic E-state index is -0.571. The van der Waals surface area contributed by atoms with Gasteiger partial charge in [0.05, 0.1) is 24.7 Å². The van der Waals surface area contributed by atoms with Gasteiger partial charge in [0.25, 0.3) is 0 Å². The average Bonchev–Trinajstić information content (AvgIpc) is 2.52. The molecule has 118 valence electrons. The number of unbranched alkanes of at least 4 members (excludes halogenated alkanes) is 2. The molecule has 0 bridgehead atoms. The van der Waals surface area contributed by atoms with Gasteiger partial charge < -0.3 is 14.2 Å². The number of rotatable bonds is 9. The van der Waals surface area contributed by atoms with Crippen molar-refractivity contribution in [2.75, 3.05) is 20.3 Å². The number of benzene rings is 1. The van der Waals surface area contributed by atoms with Gasteiger partial charge in [-0.25, -0.2) is 4.79 Å². The Morgan fingerprint density at radius 1 is 1.41 bits per heavy atom. The molecule has 0 radical (unpaired) electrons. The van der Waals surface area contributed by atoms with E-state index in [0.717, 1.165) is 0 Å². The van der Waals surface area contributed by atoms with Crippen LogP contribution in [0.15, 0.2) is 18.2 Å². The van der Waals surface area contributed by atoms with Crippen molar-refractivity contribution >= 4 is 11.7 Å². The first-order chi connectivity index (χ1) is 10.6. The molecule has 8 heteroatoms. The molecule has 0 saturated heterocycles. The lowest BCUT2D eigenvalue weighted by molar-refractivity contribution is -0.385. The third kappa shape index (κ3) is 5.66. The van der Waals surface area contributed by atoms with Crippen LogP contribution in [-0.4, -0.2) is 31.2 Å². The summed E-state index contributed by atoms with van der Waals surface area (Å²) in [5.41, 5.74) is -0.185. The van der Waals surface area contributed by atoms with Gasteiger partial charge in [0, 0.05) is 18.6 Å². The largest absolute Gasteiger partial charge is 0.490 e. The van der Waals surface area contributed by atoms with Crippen molar-refractivity contribution in [2.24, 2.45) is 0 Å². The maximum Gasteiger partial charge on any atom is 0.344 e. The second kappa shape index (κ2) is 9.18. The Hall–Kier alpha value is -2.82. The topological polar surface area (TPSA) is 112 Å². The zero-order valence-electron chi connectivity index (χ0n) is 12.1. The van der Waals surface area contributed by atoms with E-state index in [4.69, 9.17) is 19.5 Å². The van der Waals surface area contributed by atoms with Gasteiger partial charge in [-0.1, -0.05) is 0 Å². The lowest BCUT2D eigenvalue weighted by Gasteiger charge is -2.08. The van der Waals surface area contributed by atoms with E-state index in [2.05, 4.69) is 0 Å². The number of carbonyl (C=O) groups is 1. The lowest BCUT2D eigenvalue weighted by atomic mass is 10.3. The summed E-state index contributed by atoms with van der Waals surface area (Å²) in [5.74, 6) is -0.231. The zero-order chi connectivity index (χ0) is 16.4. The number of hydrogen-bond donors (Lipinski definition) is 0. The molecule has 0 heterocycles. The van der Waals surface area contributed by atoms with E-state index in [0.29, 0.717) is 19.3 Å². The molecule has 0 N–H and O–H groups in total. The van der Waals surface area contributed by atoms with Crippen molar-refractivity contribution in [1.29, 1.82) is 5.26 Å². The van der Waals surface area contributed by atoms with E-state index in [1.807, 2.05) is 6.07 Å². The third-order valence-electron chi connectivity index (χ3n) is 2.65. The second-order valence-electron chi connectivity index (χ2n) is 4.22. The van der Waals surface area contributed by atoms with Crippen molar-refractivity contribution in [2.45, 2.75) is 19.3 Å². The van der Waals surface area contributed by atoms with Crippen LogP contribution in [0.2, 0.25) is 0 Å². The van der Waals surface area contributed by atoms with E-state index in [-0.39, 0.29) is 30.4 Å². The van der Waals surface area contributed by atoms with Gasteiger partial charge in [0.15, 0.2) is 6.61 Å². The van der Waals surface area contributed by atoms with Crippen molar-refractivity contribution in [3.63, 3.8) is 0 Å². The summed E-state index contributed by atoms with van der Waals surface area (Å²) < 4.78 is 15.0. The minimum absolute atomic E-state index is 0.0485. The predicted octanol–water partition coefficient (Wildman–Crippen LogP) is 2.22. The molecule has 0 spiro atoms. The Morgan fingerprint density at radius 3 is 2.82 bits per heavy atom. The van der Waals surface area contributed by atoms with Gasteiger partial charge in [-0.15, -0.1) is 0 Å². The van der Waals surface area contributed by atoms with Crippen LogP contribution in [0.3, 0.4) is 0 Å². The van der Waals surface area contributed by atoms with Crippen molar-refractivity contribution in [1.82, 2.24) is 0 Å². The molecule has 0 aliphatic rings. The first-order valence-corrected chi connectivity index (χ1v) is 6.56. The van der Waals surface area contributed by atoms with E-state index in [9.17, 15) is 14.9 Å². The molecule has 0 unspecified atom stereocenters. The number of esters is 1. The summed E-state index contributed by atoms with van der Waals surface area (Å²) in [5, 5.41) is 19.1. The summed E-state index contributed by atoms with van der Waals surface area (Å²) in [6.07, 6.45) is 1.71. The Bertz CT molecular complexity index is 567. The Balaban J connectivity index is 2.43. The molecule has 0 aromatic heterocycles. The van der Waals surface area contributed by atoms with Crippen LogP contribution >= 0.6 is 0 Å².